The average molecular weight is 480 g/mol. The third kappa shape index (κ3) is 6.66. The molecule has 1 saturated heterocycles. The van der Waals surface area contributed by atoms with Crippen molar-refractivity contribution in [1.29, 1.82) is 0 Å². The number of aromatic nitrogens is 2. The summed E-state index contributed by atoms with van der Waals surface area (Å²) in [7, 11) is 0. The Labute approximate surface area is 203 Å². The summed E-state index contributed by atoms with van der Waals surface area (Å²) in [5, 5.41) is 27.8. The highest BCUT2D eigenvalue weighted by Gasteiger charge is 2.17. The molecule has 1 aliphatic heterocycles. The first kappa shape index (κ1) is 24.4. The second-order valence-electron chi connectivity index (χ2n) is 8.15. The van der Waals surface area contributed by atoms with Gasteiger partial charge in [-0.25, -0.2) is 9.37 Å². The summed E-state index contributed by atoms with van der Waals surface area (Å²) in [6.07, 6.45) is 1.59. The normalized spacial score (nSPS) is 14.9. The molecule has 1 fully saturated rings. The topological polar surface area (TPSA) is 109 Å². The SMILES string of the molecule is C=CC(O)Nc1cccc(Nc2nc(Nc3cccc(N4CCN(CCO)CC4)c3)ncc2F)c1. The number of anilines is 6. The molecule has 0 saturated carbocycles. The Hall–Kier alpha value is -3.73. The van der Waals surface area contributed by atoms with Crippen molar-refractivity contribution in [1.82, 2.24) is 14.9 Å². The van der Waals surface area contributed by atoms with Gasteiger partial charge in [0, 0.05) is 55.5 Å². The number of β-amino-alcohol motifs (C(OH)–C–C–N with tert-alkyl or cyclic N) is 1. The van der Waals surface area contributed by atoms with Crippen LogP contribution in [0.5, 0.6) is 0 Å². The molecule has 5 N–H and O–H groups in total. The van der Waals surface area contributed by atoms with Gasteiger partial charge in [-0.15, -0.1) is 0 Å². The van der Waals surface area contributed by atoms with Gasteiger partial charge in [-0.05, 0) is 42.5 Å². The van der Waals surface area contributed by atoms with E-state index in [1.165, 1.54) is 6.08 Å². The Morgan fingerprint density at radius 3 is 2.49 bits per heavy atom. The van der Waals surface area contributed by atoms with E-state index in [0.717, 1.165) is 43.8 Å². The monoisotopic (exact) mass is 479 g/mol. The molecule has 3 aromatic rings. The largest absolute Gasteiger partial charge is 0.395 e. The molecular formula is C25H30FN7O2. The van der Waals surface area contributed by atoms with Gasteiger partial charge in [-0.1, -0.05) is 18.7 Å². The fraction of sp³-hybridized carbons (Fsp3) is 0.280. The fourth-order valence-electron chi connectivity index (χ4n) is 3.85. The van der Waals surface area contributed by atoms with Crippen LogP contribution in [0.15, 0.2) is 67.4 Å². The molecule has 1 aliphatic rings. The van der Waals surface area contributed by atoms with Crippen molar-refractivity contribution in [3.05, 3.63) is 73.2 Å². The summed E-state index contributed by atoms with van der Waals surface area (Å²) in [4.78, 5) is 12.9. The Bertz CT molecular complexity index is 1140. The summed E-state index contributed by atoms with van der Waals surface area (Å²) in [6.45, 7) is 7.96. The Balaban J connectivity index is 1.44. The van der Waals surface area contributed by atoms with E-state index >= 15 is 0 Å². The second kappa shape index (κ2) is 11.6. The number of hydrogen-bond donors (Lipinski definition) is 5. The lowest BCUT2D eigenvalue weighted by Crippen LogP contribution is -2.47. The van der Waals surface area contributed by atoms with Crippen molar-refractivity contribution in [3.8, 4) is 0 Å². The lowest BCUT2D eigenvalue weighted by atomic mass is 10.2. The highest BCUT2D eigenvalue weighted by atomic mass is 19.1. The number of nitrogens with zero attached hydrogens (tertiary/aromatic N) is 4. The van der Waals surface area contributed by atoms with Crippen molar-refractivity contribution in [2.75, 3.05) is 60.2 Å². The van der Waals surface area contributed by atoms with E-state index < -0.39 is 12.0 Å². The second-order valence-corrected chi connectivity index (χ2v) is 8.15. The van der Waals surface area contributed by atoms with Gasteiger partial charge in [0.15, 0.2) is 11.6 Å². The number of hydrogen-bond acceptors (Lipinski definition) is 9. The molecule has 1 unspecified atom stereocenters. The number of aliphatic hydroxyl groups excluding tert-OH is 2. The van der Waals surface area contributed by atoms with E-state index in [1.54, 1.807) is 24.3 Å². The molecule has 184 valence electrons. The summed E-state index contributed by atoms with van der Waals surface area (Å²) < 4.78 is 14.4. The van der Waals surface area contributed by atoms with Gasteiger partial charge in [-0.2, -0.15) is 4.98 Å². The molecule has 4 rings (SSSR count). The Kier molecular flexibility index (Phi) is 8.09. The molecule has 1 atom stereocenters. The van der Waals surface area contributed by atoms with Gasteiger partial charge >= 0.3 is 0 Å². The standard InChI is InChI=1S/C25H30FN7O2/c1-2-23(35)28-18-5-3-6-19(15-18)29-24-22(26)17-27-25(31-24)30-20-7-4-8-21(16-20)33-11-9-32(10-12-33)13-14-34/h2-8,15-17,23,28,34-35H,1,9-14H2,(H2,27,29,30,31). The summed E-state index contributed by atoms with van der Waals surface area (Å²) in [5.74, 6) is -0.301. The molecular weight excluding hydrogens is 449 g/mol. The van der Waals surface area contributed by atoms with Crippen LogP contribution in [0, 0.1) is 5.82 Å². The van der Waals surface area contributed by atoms with Gasteiger partial charge in [0.25, 0.3) is 0 Å². The predicted molar refractivity (Wildman–Crippen MR) is 137 cm³/mol. The van der Waals surface area contributed by atoms with E-state index in [0.29, 0.717) is 17.9 Å². The van der Waals surface area contributed by atoms with E-state index in [9.17, 15) is 9.50 Å². The fourth-order valence-corrected chi connectivity index (χ4v) is 3.85. The highest BCUT2D eigenvalue weighted by molar-refractivity contribution is 5.66. The number of halogens is 1. The number of benzene rings is 2. The Morgan fingerprint density at radius 2 is 1.74 bits per heavy atom. The minimum Gasteiger partial charge on any atom is -0.395 e. The molecule has 2 aromatic carbocycles. The van der Waals surface area contributed by atoms with Gasteiger partial charge in [-0.3, -0.25) is 4.90 Å². The molecule has 0 aliphatic carbocycles. The summed E-state index contributed by atoms with van der Waals surface area (Å²) in [6, 6.07) is 15.0. The molecule has 10 heteroatoms. The highest BCUT2D eigenvalue weighted by Crippen LogP contribution is 2.25. The summed E-state index contributed by atoms with van der Waals surface area (Å²) in [5.41, 5.74) is 3.11. The predicted octanol–water partition coefficient (Wildman–Crippen LogP) is 3.13. The summed E-state index contributed by atoms with van der Waals surface area (Å²) >= 11 is 0. The van der Waals surface area contributed by atoms with Crippen LogP contribution in [0.1, 0.15) is 0 Å². The van der Waals surface area contributed by atoms with Gasteiger partial charge in [0.05, 0.1) is 12.8 Å². The first-order valence-electron chi connectivity index (χ1n) is 11.5. The van der Waals surface area contributed by atoms with Crippen molar-refractivity contribution < 1.29 is 14.6 Å². The van der Waals surface area contributed by atoms with Crippen molar-refractivity contribution >= 4 is 34.5 Å². The lowest BCUT2D eigenvalue weighted by molar-refractivity contribution is 0.189. The van der Waals surface area contributed by atoms with Crippen LogP contribution in [-0.4, -0.2) is 70.6 Å². The van der Waals surface area contributed by atoms with Gasteiger partial charge in [0.1, 0.15) is 6.23 Å². The van der Waals surface area contributed by atoms with E-state index in [1.807, 2.05) is 18.2 Å². The molecule has 35 heavy (non-hydrogen) atoms. The quantitative estimate of drug-likeness (QED) is 0.221. The van der Waals surface area contributed by atoms with Crippen molar-refractivity contribution in [2.45, 2.75) is 6.23 Å². The number of piperazine rings is 1. The van der Waals surface area contributed by atoms with Crippen LogP contribution in [-0.2, 0) is 0 Å². The molecule has 0 bridgehead atoms. The maximum Gasteiger partial charge on any atom is 0.229 e. The van der Waals surface area contributed by atoms with Crippen molar-refractivity contribution in [3.63, 3.8) is 0 Å². The number of aliphatic hydroxyl groups is 2. The van der Waals surface area contributed by atoms with Crippen LogP contribution >= 0.6 is 0 Å². The van der Waals surface area contributed by atoms with Crippen LogP contribution < -0.4 is 20.9 Å². The first-order chi connectivity index (χ1) is 17.0. The average Bonchev–Trinajstić information content (AvgIpc) is 2.87. The van der Waals surface area contributed by atoms with Gasteiger partial charge in [0.2, 0.25) is 5.95 Å². The first-order valence-corrected chi connectivity index (χ1v) is 11.5. The number of nitrogens with one attached hydrogen (secondary N) is 3. The minimum absolute atomic E-state index is 0.0279. The third-order valence-corrected chi connectivity index (χ3v) is 5.66. The van der Waals surface area contributed by atoms with Crippen molar-refractivity contribution in [2.24, 2.45) is 0 Å². The molecule has 9 nitrogen and oxygen atoms in total. The van der Waals surface area contributed by atoms with Crippen LogP contribution in [0.4, 0.5) is 38.9 Å². The minimum atomic E-state index is -0.892. The molecule has 1 aromatic heterocycles. The van der Waals surface area contributed by atoms with Crippen LogP contribution in [0.2, 0.25) is 0 Å². The number of rotatable bonds is 10. The molecule has 0 amide bonds. The maximum atomic E-state index is 14.4. The maximum absolute atomic E-state index is 14.4. The van der Waals surface area contributed by atoms with Crippen LogP contribution in [0.3, 0.4) is 0 Å². The zero-order valence-corrected chi connectivity index (χ0v) is 19.4. The Morgan fingerprint density at radius 1 is 1.03 bits per heavy atom. The molecule has 0 spiro atoms. The third-order valence-electron chi connectivity index (χ3n) is 5.66. The molecule has 2 heterocycles. The van der Waals surface area contributed by atoms with Gasteiger partial charge < -0.3 is 31.1 Å². The lowest BCUT2D eigenvalue weighted by Gasteiger charge is -2.35. The zero-order chi connectivity index (χ0) is 24.6. The van der Waals surface area contributed by atoms with E-state index in [4.69, 9.17) is 5.11 Å². The van der Waals surface area contributed by atoms with Crippen LogP contribution in [0.25, 0.3) is 0 Å². The smallest absolute Gasteiger partial charge is 0.229 e. The van der Waals surface area contributed by atoms with E-state index in [-0.39, 0.29) is 18.4 Å². The molecule has 0 radical (unpaired) electrons. The van der Waals surface area contributed by atoms with E-state index in [2.05, 4.69) is 48.4 Å². The zero-order valence-electron chi connectivity index (χ0n) is 19.4.